The maximum atomic E-state index is 12.3. The Hall–Kier alpha value is -0.370. The second-order valence-electron chi connectivity index (χ2n) is 5.62. The van der Waals surface area contributed by atoms with Gasteiger partial charge in [-0.3, -0.25) is 4.79 Å². The van der Waals surface area contributed by atoms with Gasteiger partial charge in [-0.2, -0.15) is 0 Å². The number of Topliss-reactive ketones (excluding diaryl/α,β-unsaturated/α-hetero) is 1. The van der Waals surface area contributed by atoms with Crippen molar-refractivity contribution in [3.8, 4) is 0 Å². The van der Waals surface area contributed by atoms with E-state index in [4.69, 9.17) is 5.73 Å². The normalized spacial score (nSPS) is 22.0. The van der Waals surface area contributed by atoms with Crippen LogP contribution in [0, 0.1) is 10.8 Å². The van der Waals surface area contributed by atoms with Gasteiger partial charge < -0.3 is 5.73 Å². The maximum absolute atomic E-state index is 12.3. The maximum Gasteiger partial charge on any atom is 0.145 e. The van der Waals surface area contributed by atoms with Crippen molar-refractivity contribution < 1.29 is 4.79 Å². The van der Waals surface area contributed by atoms with Crippen LogP contribution >= 0.6 is 0 Å². The molecule has 0 bridgehead atoms. The first-order chi connectivity index (χ1) is 6.42. The topological polar surface area (TPSA) is 43.1 Å². The van der Waals surface area contributed by atoms with Crippen LogP contribution in [0.4, 0.5) is 0 Å². The molecular formula is C12H23NO. The molecule has 0 saturated heterocycles. The van der Waals surface area contributed by atoms with Gasteiger partial charge in [0.25, 0.3) is 0 Å². The van der Waals surface area contributed by atoms with E-state index in [1.807, 2.05) is 20.8 Å². The molecule has 82 valence electrons. The van der Waals surface area contributed by atoms with Gasteiger partial charge in [-0.05, 0) is 12.8 Å². The molecule has 0 aliphatic heterocycles. The largest absolute Gasteiger partial charge is 0.329 e. The number of hydrogen-bond donors (Lipinski definition) is 1. The molecule has 0 amide bonds. The third kappa shape index (κ3) is 2.17. The molecule has 0 heterocycles. The minimum absolute atomic E-state index is 0.198. The van der Waals surface area contributed by atoms with Crippen LogP contribution in [0.15, 0.2) is 0 Å². The summed E-state index contributed by atoms with van der Waals surface area (Å²) in [6.45, 7) is 6.53. The highest BCUT2D eigenvalue weighted by Gasteiger charge is 2.42. The molecule has 0 radical (unpaired) electrons. The van der Waals surface area contributed by atoms with Crippen LogP contribution in [0.3, 0.4) is 0 Å². The van der Waals surface area contributed by atoms with Gasteiger partial charge in [0.2, 0.25) is 0 Å². The summed E-state index contributed by atoms with van der Waals surface area (Å²) in [7, 11) is 0. The zero-order valence-electron chi connectivity index (χ0n) is 9.73. The fraction of sp³-hybridized carbons (Fsp3) is 0.917. The molecule has 2 nitrogen and oxygen atoms in total. The fourth-order valence-electron chi connectivity index (χ4n) is 2.55. The molecule has 0 atom stereocenters. The highest BCUT2D eigenvalue weighted by Crippen LogP contribution is 2.41. The minimum Gasteiger partial charge on any atom is -0.329 e. The molecule has 2 heteroatoms. The Morgan fingerprint density at radius 3 is 2.07 bits per heavy atom. The highest BCUT2D eigenvalue weighted by molar-refractivity contribution is 5.89. The summed E-state index contributed by atoms with van der Waals surface area (Å²) >= 11 is 0. The summed E-state index contributed by atoms with van der Waals surface area (Å²) in [5.41, 5.74) is 5.38. The van der Waals surface area contributed by atoms with E-state index >= 15 is 0 Å². The van der Waals surface area contributed by atoms with E-state index in [1.54, 1.807) is 0 Å². The van der Waals surface area contributed by atoms with E-state index < -0.39 is 0 Å². The predicted molar refractivity (Wildman–Crippen MR) is 59.0 cm³/mol. The Balaban J connectivity index is 2.83. The Bertz CT molecular complexity index is 209. The van der Waals surface area contributed by atoms with E-state index in [-0.39, 0.29) is 10.8 Å². The molecule has 1 aliphatic rings. The number of carbonyl (C=O) groups is 1. The number of nitrogens with two attached hydrogens (primary N) is 1. The molecule has 2 N–H and O–H groups in total. The Morgan fingerprint density at radius 1 is 1.21 bits per heavy atom. The number of hydrogen-bond acceptors (Lipinski definition) is 2. The van der Waals surface area contributed by atoms with Crippen molar-refractivity contribution in [3.05, 3.63) is 0 Å². The van der Waals surface area contributed by atoms with E-state index in [2.05, 4.69) is 0 Å². The third-order valence-electron chi connectivity index (χ3n) is 3.36. The van der Waals surface area contributed by atoms with Crippen molar-refractivity contribution >= 4 is 5.78 Å². The van der Waals surface area contributed by atoms with Crippen LogP contribution in [0.25, 0.3) is 0 Å². The lowest BCUT2D eigenvalue weighted by Gasteiger charge is -2.39. The summed E-state index contributed by atoms with van der Waals surface area (Å²) in [4.78, 5) is 12.3. The first-order valence-corrected chi connectivity index (χ1v) is 5.67. The second kappa shape index (κ2) is 4.01. The zero-order chi connectivity index (χ0) is 10.8. The van der Waals surface area contributed by atoms with Crippen LogP contribution in [-0.4, -0.2) is 12.3 Å². The molecule has 0 unspecified atom stereocenters. The van der Waals surface area contributed by atoms with Gasteiger partial charge in [-0.25, -0.2) is 0 Å². The van der Waals surface area contributed by atoms with E-state index in [1.165, 1.54) is 19.3 Å². The molecule has 1 aliphatic carbocycles. The molecule has 1 fully saturated rings. The lowest BCUT2D eigenvalue weighted by atomic mass is 9.65. The molecule has 14 heavy (non-hydrogen) atoms. The summed E-state index contributed by atoms with van der Waals surface area (Å²) < 4.78 is 0. The molecule has 1 saturated carbocycles. The van der Waals surface area contributed by atoms with Gasteiger partial charge in [0.15, 0.2) is 0 Å². The Labute approximate surface area is 87.2 Å². The smallest absolute Gasteiger partial charge is 0.145 e. The standard InChI is InChI=1S/C12H23NO/c1-11(2,3)10(14)12(9-13)7-5-4-6-8-12/h4-9,13H2,1-3H3. The number of carbonyl (C=O) groups excluding carboxylic acids is 1. The van der Waals surface area contributed by atoms with Crippen molar-refractivity contribution in [1.29, 1.82) is 0 Å². The van der Waals surface area contributed by atoms with Crippen molar-refractivity contribution in [3.63, 3.8) is 0 Å². The summed E-state index contributed by atoms with van der Waals surface area (Å²) in [5, 5.41) is 0. The quantitative estimate of drug-likeness (QED) is 0.739. The molecule has 1 rings (SSSR count). The van der Waals surface area contributed by atoms with Crippen molar-refractivity contribution in [2.75, 3.05) is 6.54 Å². The summed E-state index contributed by atoms with van der Waals surface area (Å²) in [5.74, 6) is 0.368. The van der Waals surface area contributed by atoms with Crippen LogP contribution < -0.4 is 5.73 Å². The van der Waals surface area contributed by atoms with Crippen molar-refractivity contribution in [2.45, 2.75) is 52.9 Å². The zero-order valence-corrected chi connectivity index (χ0v) is 9.73. The van der Waals surface area contributed by atoms with E-state index in [9.17, 15) is 4.79 Å². The number of rotatable bonds is 2. The van der Waals surface area contributed by atoms with Crippen LogP contribution in [0.2, 0.25) is 0 Å². The van der Waals surface area contributed by atoms with Gasteiger partial charge in [-0.1, -0.05) is 40.0 Å². The van der Waals surface area contributed by atoms with Gasteiger partial charge >= 0.3 is 0 Å². The van der Waals surface area contributed by atoms with Crippen molar-refractivity contribution in [2.24, 2.45) is 16.6 Å². The lowest BCUT2D eigenvalue weighted by molar-refractivity contribution is -0.138. The highest BCUT2D eigenvalue weighted by atomic mass is 16.1. The van der Waals surface area contributed by atoms with Gasteiger partial charge in [0.05, 0.1) is 0 Å². The molecular weight excluding hydrogens is 174 g/mol. The Morgan fingerprint density at radius 2 is 1.71 bits per heavy atom. The molecule has 0 aromatic carbocycles. The predicted octanol–water partition coefficient (Wildman–Crippen LogP) is 2.51. The van der Waals surface area contributed by atoms with Crippen LogP contribution in [-0.2, 0) is 4.79 Å². The van der Waals surface area contributed by atoms with E-state index in [0.717, 1.165) is 12.8 Å². The van der Waals surface area contributed by atoms with Crippen molar-refractivity contribution in [1.82, 2.24) is 0 Å². The SMILES string of the molecule is CC(C)(C)C(=O)C1(CN)CCCCC1. The molecule has 0 aromatic heterocycles. The first kappa shape index (κ1) is 11.7. The van der Waals surface area contributed by atoms with Gasteiger partial charge in [-0.15, -0.1) is 0 Å². The second-order valence-corrected chi connectivity index (χ2v) is 5.62. The minimum atomic E-state index is -0.239. The summed E-state index contributed by atoms with van der Waals surface area (Å²) in [6, 6.07) is 0. The van der Waals surface area contributed by atoms with Gasteiger partial charge in [0, 0.05) is 17.4 Å². The summed E-state index contributed by atoms with van der Waals surface area (Å²) in [6.07, 6.45) is 5.59. The fourth-order valence-corrected chi connectivity index (χ4v) is 2.55. The molecule has 0 aromatic rings. The average Bonchev–Trinajstić information content (AvgIpc) is 2.16. The van der Waals surface area contributed by atoms with E-state index in [0.29, 0.717) is 12.3 Å². The number of ketones is 1. The average molecular weight is 197 g/mol. The van der Waals surface area contributed by atoms with Crippen LogP contribution in [0.5, 0.6) is 0 Å². The monoisotopic (exact) mass is 197 g/mol. The van der Waals surface area contributed by atoms with Gasteiger partial charge in [0.1, 0.15) is 5.78 Å². The first-order valence-electron chi connectivity index (χ1n) is 5.67. The lowest BCUT2D eigenvalue weighted by Crippen LogP contribution is -2.45. The third-order valence-corrected chi connectivity index (χ3v) is 3.36. The van der Waals surface area contributed by atoms with Crippen LogP contribution in [0.1, 0.15) is 52.9 Å². The molecule has 0 spiro atoms. The Kier molecular flexibility index (Phi) is 3.36.